The highest BCUT2D eigenvalue weighted by atomic mass is 35.5. The van der Waals surface area contributed by atoms with Crippen molar-refractivity contribution in [1.82, 2.24) is 14.8 Å². The van der Waals surface area contributed by atoms with Crippen LogP contribution in [0.3, 0.4) is 0 Å². The minimum Gasteiger partial charge on any atom is -0.303 e. The number of thiophene rings is 1. The van der Waals surface area contributed by atoms with Crippen molar-refractivity contribution in [2.24, 2.45) is 10.7 Å². The minimum absolute atomic E-state index is 0.554. The smallest absolute Gasteiger partial charge is 0.177 e. The Bertz CT molecular complexity index is 939. The molecule has 2 N–H and O–H groups in total. The van der Waals surface area contributed by atoms with E-state index < -0.39 is 6.17 Å². The Morgan fingerprint density at radius 1 is 1.25 bits per heavy atom. The van der Waals surface area contributed by atoms with Gasteiger partial charge in [0, 0.05) is 21.0 Å². The summed E-state index contributed by atoms with van der Waals surface area (Å²) in [7, 11) is 0. The van der Waals surface area contributed by atoms with Crippen LogP contribution in [-0.2, 0) is 6.42 Å². The maximum absolute atomic E-state index is 6.29. The maximum atomic E-state index is 6.29. The van der Waals surface area contributed by atoms with Gasteiger partial charge in [-0.1, -0.05) is 30.7 Å². The number of hydrogen-bond acceptors (Lipinski definition) is 5. The molecule has 1 aliphatic heterocycles. The first-order valence-corrected chi connectivity index (χ1v) is 8.92. The van der Waals surface area contributed by atoms with Gasteiger partial charge in [-0.05, 0) is 31.5 Å². The van der Waals surface area contributed by atoms with Crippen molar-refractivity contribution < 1.29 is 0 Å². The van der Waals surface area contributed by atoms with Crippen molar-refractivity contribution >= 4 is 28.6 Å². The van der Waals surface area contributed by atoms with E-state index in [1.807, 2.05) is 35.8 Å². The average molecular weight is 358 g/mol. The van der Waals surface area contributed by atoms with Crippen LogP contribution in [0.25, 0.3) is 5.00 Å². The van der Waals surface area contributed by atoms with Crippen LogP contribution in [0, 0.1) is 6.92 Å². The molecule has 1 unspecified atom stereocenters. The number of rotatable bonds is 2. The summed E-state index contributed by atoms with van der Waals surface area (Å²) < 4.78 is 2.02. The molecule has 0 saturated carbocycles. The van der Waals surface area contributed by atoms with Crippen molar-refractivity contribution in [2.75, 3.05) is 0 Å². The molecule has 0 radical (unpaired) electrons. The Hall–Kier alpha value is -2.02. The zero-order chi connectivity index (χ0) is 16.8. The third-order valence-corrected chi connectivity index (χ3v) is 5.59. The first-order valence-electron chi connectivity index (χ1n) is 7.73. The first-order chi connectivity index (χ1) is 11.6. The van der Waals surface area contributed by atoms with Gasteiger partial charge in [0.25, 0.3) is 0 Å². The zero-order valence-corrected chi connectivity index (χ0v) is 14.9. The summed E-state index contributed by atoms with van der Waals surface area (Å²) in [5.41, 5.74) is 9.22. The van der Waals surface area contributed by atoms with Crippen molar-refractivity contribution in [1.29, 1.82) is 0 Å². The van der Waals surface area contributed by atoms with E-state index in [0.29, 0.717) is 10.8 Å². The number of nitrogens with two attached hydrogens (primary N) is 1. The normalized spacial score (nSPS) is 16.3. The van der Waals surface area contributed by atoms with Crippen molar-refractivity contribution in [3.63, 3.8) is 0 Å². The number of aryl methyl sites for hydroxylation is 2. The van der Waals surface area contributed by atoms with Crippen LogP contribution in [-0.4, -0.2) is 20.5 Å². The second kappa shape index (κ2) is 5.81. The molecule has 2 aromatic heterocycles. The molecular weight excluding hydrogens is 342 g/mol. The molecule has 1 aromatic carbocycles. The largest absolute Gasteiger partial charge is 0.303 e. The van der Waals surface area contributed by atoms with E-state index in [9.17, 15) is 0 Å². The fourth-order valence-corrected chi connectivity index (χ4v) is 4.14. The molecule has 0 amide bonds. The van der Waals surface area contributed by atoms with E-state index in [1.165, 1.54) is 4.88 Å². The lowest BCUT2D eigenvalue weighted by atomic mass is 10.0. The van der Waals surface area contributed by atoms with Gasteiger partial charge < -0.3 is 5.73 Å². The number of aromatic nitrogens is 3. The van der Waals surface area contributed by atoms with Crippen LogP contribution in [0.1, 0.15) is 40.7 Å². The molecular formula is C17H16ClN5S. The van der Waals surface area contributed by atoms with E-state index in [4.69, 9.17) is 22.3 Å². The number of fused-ring (bicyclic) bond motifs is 3. The summed E-state index contributed by atoms with van der Waals surface area (Å²) in [6.45, 7) is 4.08. The van der Waals surface area contributed by atoms with Gasteiger partial charge in [0.2, 0.25) is 0 Å². The molecule has 4 rings (SSSR count). The topological polar surface area (TPSA) is 69.1 Å². The Morgan fingerprint density at radius 3 is 2.71 bits per heavy atom. The summed E-state index contributed by atoms with van der Waals surface area (Å²) in [6, 6.07) is 9.87. The molecule has 122 valence electrons. The molecule has 0 bridgehead atoms. The monoisotopic (exact) mass is 357 g/mol. The summed E-state index contributed by atoms with van der Waals surface area (Å²) in [5, 5.41) is 10.2. The molecule has 3 heterocycles. The number of benzene rings is 1. The molecule has 1 atom stereocenters. The fraction of sp³-hybridized carbons (Fsp3) is 0.235. The third kappa shape index (κ3) is 2.38. The van der Waals surface area contributed by atoms with Gasteiger partial charge in [-0.15, -0.1) is 21.5 Å². The predicted octanol–water partition coefficient (Wildman–Crippen LogP) is 3.66. The molecule has 5 nitrogen and oxygen atoms in total. The Balaban J connectivity index is 1.99. The molecule has 3 aromatic rings. The maximum Gasteiger partial charge on any atom is 0.177 e. The minimum atomic E-state index is -0.554. The van der Waals surface area contributed by atoms with Crippen LogP contribution < -0.4 is 5.73 Å². The molecule has 7 heteroatoms. The predicted molar refractivity (Wildman–Crippen MR) is 97.4 cm³/mol. The van der Waals surface area contributed by atoms with Gasteiger partial charge in [0.1, 0.15) is 10.8 Å². The van der Waals surface area contributed by atoms with Gasteiger partial charge in [0.15, 0.2) is 12.0 Å². The second-order valence-electron chi connectivity index (χ2n) is 5.66. The lowest BCUT2D eigenvalue weighted by Gasteiger charge is -2.07. The van der Waals surface area contributed by atoms with Crippen molar-refractivity contribution in [3.8, 4) is 5.00 Å². The molecule has 0 aliphatic carbocycles. The lowest BCUT2D eigenvalue weighted by molar-refractivity contribution is 0.693. The summed E-state index contributed by atoms with van der Waals surface area (Å²) in [5.74, 6) is 1.49. The van der Waals surface area contributed by atoms with Crippen LogP contribution in [0.2, 0.25) is 5.02 Å². The third-order valence-electron chi connectivity index (χ3n) is 4.07. The molecule has 1 aliphatic rings. The SMILES string of the molecule is CCc1cc2c(s1)-n1c(C)nnc1C(N)N=C2c1ccc(Cl)cc1. The lowest BCUT2D eigenvalue weighted by Crippen LogP contribution is -2.13. The summed E-state index contributed by atoms with van der Waals surface area (Å²) >= 11 is 7.76. The quantitative estimate of drug-likeness (QED) is 0.760. The molecule has 24 heavy (non-hydrogen) atoms. The van der Waals surface area contributed by atoms with Crippen molar-refractivity contribution in [2.45, 2.75) is 26.4 Å². The van der Waals surface area contributed by atoms with E-state index in [0.717, 1.165) is 34.1 Å². The Kier molecular flexibility index (Phi) is 3.75. The second-order valence-corrected chi connectivity index (χ2v) is 7.21. The molecule has 0 saturated heterocycles. The Morgan fingerprint density at radius 2 is 2.00 bits per heavy atom. The molecule has 0 spiro atoms. The number of nitrogens with zero attached hydrogens (tertiary/aromatic N) is 4. The van der Waals surface area contributed by atoms with Crippen LogP contribution in [0.5, 0.6) is 0 Å². The summed E-state index contributed by atoms with van der Waals surface area (Å²) in [6.07, 6.45) is 0.412. The van der Waals surface area contributed by atoms with E-state index >= 15 is 0 Å². The van der Waals surface area contributed by atoms with Gasteiger partial charge >= 0.3 is 0 Å². The van der Waals surface area contributed by atoms with E-state index in [-0.39, 0.29) is 0 Å². The summed E-state index contributed by atoms with van der Waals surface area (Å²) in [4.78, 5) is 6.04. The highest BCUT2D eigenvalue weighted by Gasteiger charge is 2.27. The van der Waals surface area contributed by atoms with Crippen LogP contribution in [0.4, 0.5) is 0 Å². The van der Waals surface area contributed by atoms with Gasteiger partial charge in [0.05, 0.1) is 5.71 Å². The van der Waals surface area contributed by atoms with Crippen LogP contribution >= 0.6 is 22.9 Å². The van der Waals surface area contributed by atoms with Gasteiger partial charge in [-0.2, -0.15) is 0 Å². The van der Waals surface area contributed by atoms with Gasteiger partial charge in [-0.3, -0.25) is 9.56 Å². The Labute approximate surface area is 148 Å². The van der Waals surface area contributed by atoms with Gasteiger partial charge in [-0.25, -0.2) is 0 Å². The fourth-order valence-electron chi connectivity index (χ4n) is 2.87. The highest BCUT2D eigenvalue weighted by molar-refractivity contribution is 7.15. The van der Waals surface area contributed by atoms with Crippen LogP contribution in [0.15, 0.2) is 35.3 Å². The highest BCUT2D eigenvalue weighted by Crippen LogP contribution is 2.35. The number of hydrogen-bond donors (Lipinski definition) is 1. The standard InChI is InChI=1S/C17H16ClN5S/c1-3-12-8-13-14(10-4-6-11(18)7-5-10)20-15(19)16-22-21-9(2)23(16)17(13)24-12/h4-8,15H,3,19H2,1-2H3. The molecule has 0 fully saturated rings. The number of aliphatic imine (C=N–C) groups is 1. The number of halogens is 1. The van der Waals surface area contributed by atoms with E-state index in [1.54, 1.807) is 11.3 Å². The van der Waals surface area contributed by atoms with Crippen molar-refractivity contribution in [3.05, 3.63) is 63.0 Å². The first kappa shape index (κ1) is 15.5. The average Bonchev–Trinajstić information content (AvgIpc) is 3.14. The van der Waals surface area contributed by atoms with E-state index in [2.05, 4.69) is 23.2 Å². The zero-order valence-electron chi connectivity index (χ0n) is 13.3.